The summed E-state index contributed by atoms with van der Waals surface area (Å²) < 4.78 is 5.27. The molecule has 0 unspecified atom stereocenters. The predicted octanol–water partition coefficient (Wildman–Crippen LogP) is 3.77. The summed E-state index contributed by atoms with van der Waals surface area (Å²) in [6, 6.07) is 9.33. The first-order valence-corrected chi connectivity index (χ1v) is 6.49. The van der Waals surface area contributed by atoms with Gasteiger partial charge < -0.3 is 4.74 Å². The summed E-state index contributed by atoms with van der Waals surface area (Å²) in [6.45, 7) is 5.53. The minimum atomic E-state index is -0.481. The maximum atomic E-state index is 11.8. The number of benzene rings is 1. The summed E-state index contributed by atoms with van der Waals surface area (Å²) in [5.74, 6) is -0.286. The van der Waals surface area contributed by atoms with E-state index < -0.39 is 5.60 Å². The molecule has 0 aliphatic rings. The zero-order chi connectivity index (χ0) is 14.0. The van der Waals surface area contributed by atoms with E-state index in [0.717, 1.165) is 5.39 Å². The van der Waals surface area contributed by atoms with Crippen molar-refractivity contribution in [1.29, 1.82) is 0 Å². The van der Waals surface area contributed by atoms with Crippen molar-refractivity contribution in [3.8, 4) is 0 Å². The van der Waals surface area contributed by atoms with Gasteiger partial charge in [-0.1, -0.05) is 29.8 Å². The van der Waals surface area contributed by atoms with E-state index in [-0.39, 0.29) is 12.4 Å². The van der Waals surface area contributed by atoms with Crippen LogP contribution in [0.15, 0.2) is 30.3 Å². The van der Waals surface area contributed by atoms with Crippen LogP contribution in [0.3, 0.4) is 0 Å². The first kappa shape index (κ1) is 13.8. The van der Waals surface area contributed by atoms with E-state index in [9.17, 15) is 4.79 Å². The molecule has 2 aromatic rings. The van der Waals surface area contributed by atoms with Gasteiger partial charge >= 0.3 is 5.97 Å². The lowest BCUT2D eigenvalue weighted by Gasteiger charge is -2.19. The van der Waals surface area contributed by atoms with Gasteiger partial charge in [0, 0.05) is 5.39 Å². The van der Waals surface area contributed by atoms with Gasteiger partial charge in [0.25, 0.3) is 0 Å². The van der Waals surface area contributed by atoms with Gasteiger partial charge in [-0.05, 0) is 32.9 Å². The summed E-state index contributed by atoms with van der Waals surface area (Å²) in [5, 5.41) is 1.55. The number of esters is 1. The second kappa shape index (κ2) is 5.17. The highest BCUT2D eigenvalue weighted by Gasteiger charge is 2.17. The van der Waals surface area contributed by atoms with Crippen LogP contribution in [-0.4, -0.2) is 16.6 Å². The second-order valence-corrected chi connectivity index (χ2v) is 5.78. The Kier molecular flexibility index (Phi) is 3.76. The maximum Gasteiger partial charge on any atom is 0.312 e. The van der Waals surface area contributed by atoms with Gasteiger partial charge in [-0.3, -0.25) is 9.78 Å². The average molecular weight is 278 g/mol. The monoisotopic (exact) mass is 277 g/mol. The van der Waals surface area contributed by atoms with Gasteiger partial charge in [0.05, 0.1) is 22.7 Å². The minimum absolute atomic E-state index is 0.151. The zero-order valence-corrected chi connectivity index (χ0v) is 12.0. The number of carbonyl (C=O) groups is 1. The molecule has 1 heterocycles. The summed E-state index contributed by atoms with van der Waals surface area (Å²) in [5.41, 5.74) is 0.894. The zero-order valence-electron chi connectivity index (χ0n) is 11.2. The van der Waals surface area contributed by atoms with Gasteiger partial charge in [-0.15, -0.1) is 0 Å². The lowest BCUT2D eigenvalue weighted by molar-refractivity contribution is -0.153. The van der Waals surface area contributed by atoms with Crippen LogP contribution in [0.2, 0.25) is 5.02 Å². The normalized spacial score (nSPS) is 11.6. The van der Waals surface area contributed by atoms with Gasteiger partial charge in [0.15, 0.2) is 0 Å². The topological polar surface area (TPSA) is 39.2 Å². The minimum Gasteiger partial charge on any atom is -0.460 e. The number of carbonyl (C=O) groups excluding carboxylic acids is 1. The molecule has 100 valence electrons. The number of pyridine rings is 1. The van der Waals surface area contributed by atoms with E-state index in [2.05, 4.69) is 4.98 Å². The molecule has 0 saturated heterocycles. The molecule has 0 bridgehead atoms. The summed E-state index contributed by atoms with van der Waals surface area (Å²) >= 11 is 6.09. The lowest BCUT2D eigenvalue weighted by atomic mass is 10.1. The molecule has 0 fully saturated rings. The smallest absolute Gasteiger partial charge is 0.312 e. The number of hydrogen-bond acceptors (Lipinski definition) is 3. The van der Waals surface area contributed by atoms with Crippen molar-refractivity contribution in [3.05, 3.63) is 41.0 Å². The van der Waals surface area contributed by atoms with Crippen molar-refractivity contribution in [3.63, 3.8) is 0 Å². The third-order valence-electron chi connectivity index (χ3n) is 2.47. The van der Waals surface area contributed by atoms with Crippen molar-refractivity contribution in [2.45, 2.75) is 32.8 Å². The molecule has 0 atom stereocenters. The van der Waals surface area contributed by atoms with Crippen LogP contribution in [0, 0.1) is 0 Å². The fourth-order valence-corrected chi connectivity index (χ4v) is 2.00. The highest BCUT2D eigenvalue weighted by atomic mass is 35.5. The number of nitrogens with zero attached hydrogens (tertiary/aromatic N) is 1. The van der Waals surface area contributed by atoms with Crippen molar-refractivity contribution < 1.29 is 9.53 Å². The molecule has 2 rings (SSSR count). The molecule has 0 N–H and O–H groups in total. The lowest BCUT2D eigenvalue weighted by Crippen LogP contribution is -2.25. The van der Waals surface area contributed by atoms with Crippen molar-refractivity contribution >= 4 is 28.5 Å². The van der Waals surface area contributed by atoms with Gasteiger partial charge in [-0.2, -0.15) is 0 Å². The largest absolute Gasteiger partial charge is 0.460 e. The molecule has 4 heteroatoms. The Bertz CT molecular complexity index is 617. The number of aromatic nitrogens is 1. The van der Waals surface area contributed by atoms with Crippen LogP contribution in [-0.2, 0) is 16.0 Å². The Morgan fingerprint density at radius 1 is 1.26 bits per heavy atom. The highest BCUT2D eigenvalue weighted by molar-refractivity contribution is 6.35. The molecule has 19 heavy (non-hydrogen) atoms. The van der Waals surface area contributed by atoms with E-state index >= 15 is 0 Å². The maximum absolute atomic E-state index is 11.8. The first-order valence-electron chi connectivity index (χ1n) is 6.11. The number of hydrogen-bond donors (Lipinski definition) is 0. The average Bonchev–Trinajstić information content (AvgIpc) is 2.27. The van der Waals surface area contributed by atoms with E-state index in [0.29, 0.717) is 16.2 Å². The number of halogens is 1. The molecule has 0 spiro atoms. The second-order valence-electron chi connectivity index (χ2n) is 5.38. The number of rotatable bonds is 2. The molecule has 1 aromatic carbocycles. The molecule has 0 amide bonds. The Morgan fingerprint density at radius 2 is 2.00 bits per heavy atom. The quantitative estimate of drug-likeness (QED) is 0.785. The van der Waals surface area contributed by atoms with E-state index in [4.69, 9.17) is 16.3 Å². The Balaban J connectivity index is 2.22. The Morgan fingerprint density at radius 3 is 2.68 bits per heavy atom. The standard InChI is InChI=1S/C15H16ClNO2/c1-15(2,3)19-13(18)9-11-8-7-10-5-4-6-12(16)14(10)17-11/h4-8H,9H2,1-3H3. The van der Waals surface area contributed by atoms with Crippen LogP contribution < -0.4 is 0 Å². The number of fused-ring (bicyclic) bond motifs is 1. The molecule has 0 aliphatic carbocycles. The van der Waals surface area contributed by atoms with Crippen molar-refractivity contribution in [2.24, 2.45) is 0 Å². The van der Waals surface area contributed by atoms with Crippen LogP contribution in [0.1, 0.15) is 26.5 Å². The van der Waals surface area contributed by atoms with Crippen LogP contribution in [0.5, 0.6) is 0 Å². The molecule has 1 aromatic heterocycles. The fourth-order valence-electron chi connectivity index (χ4n) is 1.78. The molecular weight excluding hydrogens is 262 g/mol. The summed E-state index contributed by atoms with van der Waals surface area (Å²) in [4.78, 5) is 16.2. The fraction of sp³-hybridized carbons (Fsp3) is 0.333. The Hall–Kier alpha value is -1.61. The van der Waals surface area contributed by atoms with Crippen LogP contribution in [0.4, 0.5) is 0 Å². The first-order chi connectivity index (χ1) is 8.85. The number of ether oxygens (including phenoxy) is 1. The predicted molar refractivity (Wildman–Crippen MR) is 76.3 cm³/mol. The third-order valence-corrected chi connectivity index (χ3v) is 2.78. The van der Waals surface area contributed by atoms with Crippen LogP contribution in [0.25, 0.3) is 10.9 Å². The van der Waals surface area contributed by atoms with Crippen molar-refractivity contribution in [1.82, 2.24) is 4.98 Å². The van der Waals surface area contributed by atoms with Gasteiger partial charge in [-0.25, -0.2) is 0 Å². The molecule has 3 nitrogen and oxygen atoms in total. The Labute approximate surface area is 117 Å². The number of para-hydroxylation sites is 1. The van der Waals surface area contributed by atoms with Crippen LogP contribution >= 0.6 is 11.6 Å². The highest BCUT2D eigenvalue weighted by Crippen LogP contribution is 2.21. The molecular formula is C15H16ClNO2. The molecule has 0 saturated carbocycles. The third kappa shape index (κ3) is 3.67. The van der Waals surface area contributed by atoms with E-state index in [1.807, 2.05) is 45.0 Å². The van der Waals surface area contributed by atoms with Gasteiger partial charge in [0.1, 0.15) is 5.60 Å². The van der Waals surface area contributed by atoms with Gasteiger partial charge in [0.2, 0.25) is 0 Å². The summed E-state index contributed by atoms with van der Waals surface area (Å²) in [6.07, 6.45) is 0.151. The summed E-state index contributed by atoms with van der Waals surface area (Å²) in [7, 11) is 0. The SMILES string of the molecule is CC(C)(C)OC(=O)Cc1ccc2cccc(Cl)c2n1. The van der Waals surface area contributed by atoms with E-state index in [1.54, 1.807) is 6.07 Å². The molecule has 0 radical (unpaired) electrons. The van der Waals surface area contributed by atoms with E-state index in [1.165, 1.54) is 0 Å². The van der Waals surface area contributed by atoms with Crippen molar-refractivity contribution in [2.75, 3.05) is 0 Å². The molecule has 0 aliphatic heterocycles.